The van der Waals surface area contributed by atoms with E-state index in [1.807, 2.05) is 29.1 Å². The van der Waals surface area contributed by atoms with Crippen molar-refractivity contribution in [3.8, 4) is 17.4 Å². The lowest BCUT2D eigenvalue weighted by molar-refractivity contribution is 0.459. The van der Waals surface area contributed by atoms with Crippen LogP contribution in [0.5, 0.6) is 11.6 Å². The number of hydrogen-bond acceptors (Lipinski definition) is 5. The SMILES string of the molecule is Cc1nc(Oc2ccc(NS(=O)(=O)c3ccccc3Br)cc2)cc(-n2cccc2)n1. The Kier molecular flexibility index (Phi) is 5.56. The van der Waals surface area contributed by atoms with Crippen LogP contribution in [0.2, 0.25) is 0 Å². The lowest BCUT2D eigenvalue weighted by Crippen LogP contribution is -2.13. The smallest absolute Gasteiger partial charge is 0.263 e. The van der Waals surface area contributed by atoms with E-state index in [1.165, 1.54) is 6.07 Å². The molecule has 30 heavy (non-hydrogen) atoms. The fourth-order valence-electron chi connectivity index (χ4n) is 2.78. The summed E-state index contributed by atoms with van der Waals surface area (Å²) in [6, 6.07) is 18.8. The van der Waals surface area contributed by atoms with Gasteiger partial charge in [-0.25, -0.2) is 13.4 Å². The van der Waals surface area contributed by atoms with E-state index in [2.05, 4.69) is 30.6 Å². The van der Waals surface area contributed by atoms with Crippen LogP contribution in [-0.4, -0.2) is 23.0 Å². The Balaban J connectivity index is 1.52. The van der Waals surface area contributed by atoms with E-state index in [0.717, 1.165) is 0 Å². The molecule has 4 aromatic rings. The normalized spacial score (nSPS) is 11.3. The second kappa shape index (κ2) is 8.29. The summed E-state index contributed by atoms with van der Waals surface area (Å²) < 4.78 is 35.9. The van der Waals surface area contributed by atoms with E-state index in [1.54, 1.807) is 55.5 Å². The highest BCUT2D eigenvalue weighted by atomic mass is 79.9. The minimum absolute atomic E-state index is 0.166. The quantitative estimate of drug-likeness (QED) is 0.419. The van der Waals surface area contributed by atoms with Crippen LogP contribution in [-0.2, 0) is 10.0 Å². The predicted molar refractivity (Wildman–Crippen MR) is 118 cm³/mol. The molecular formula is C21H17BrN4O3S. The highest BCUT2D eigenvalue weighted by Crippen LogP contribution is 2.26. The summed E-state index contributed by atoms with van der Waals surface area (Å²) >= 11 is 3.27. The van der Waals surface area contributed by atoms with Gasteiger partial charge in [0.05, 0.1) is 0 Å². The van der Waals surface area contributed by atoms with Gasteiger partial charge in [0.15, 0.2) is 0 Å². The number of sulfonamides is 1. The van der Waals surface area contributed by atoms with Gasteiger partial charge in [-0.1, -0.05) is 12.1 Å². The number of nitrogens with zero attached hydrogens (tertiary/aromatic N) is 3. The van der Waals surface area contributed by atoms with E-state index < -0.39 is 10.0 Å². The fraction of sp³-hybridized carbons (Fsp3) is 0.0476. The van der Waals surface area contributed by atoms with Gasteiger partial charge in [-0.3, -0.25) is 4.72 Å². The first-order chi connectivity index (χ1) is 14.4. The molecule has 0 radical (unpaired) electrons. The van der Waals surface area contributed by atoms with Crippen LogP contribution in [0.1, 0.15) is 5.82 Å². The van der Waals surface area contributed by atoms with E-state index in [-0.39, 0.29) is 4.90 Å². The van der Waals surface area contributed by atoms with Crippen LogP contribution < -0.4 is 9.46 Å². The number of anilines is 1. The van der Waals surface area contributed by atoms with E-state index >= 15 is 0 Å². The van der Waals surface area contributed by atoms with Gasteiger partial charge in [0, 0.05) is 28.6 Å². The number of hydrogen-bond donors (Lipinski definition) is 1. The number of ether oxygens (including phenoxy) is 1. The molecule has 9 heteroatoms. The minimum Gasteiger partial charge on any atom is -0.439 e. The highest BCUT2D eigenvalue weighted by molar-refractivity contribution is 9.10. The lowest BCUT2D eigenvalue weighted by atomic mass is 10.3. The number of benzene rings is 2. The molecule has 0 amide bonds. The van der Waals surface area contributed by atoms with Crippen molar-refractivity contribution in [2.24, 2.45) is 0 Å². The van der Waals surface area contributed by atoms with Crippen molar-refractivity contribution in [1.82, 2.24) is 14.5 Å². The van der Waals surface area contributed by atoms with Gasteiger partial charge in [-0.2, -0.15) is 4.98 Å². The lowest BCUT2D eigenvalue weighted by Gasteiger charge is -2.11. The van der Waals surface area contributed by atoms with Gasteiger partial charge in [0.1, 0.15) is 22.3 Å². The van der Waals surface area contributed by atoms with Gasteiger partial charge < -0.3 is 9.30 Å². The molecule has 0 aliphatic carbocycles. The van der Waals surface area contributed by atoms with Crippen LogP contribution in [0.3, 0.4) is 0 Å². The molecule has 0 saturated carbocycles. The van der Waals surface area contributed by atoms with Gasteiger partial charge in [-0.15, -0.1) is 0 Å². The average molecular weight is 485 g/mol. The maximum absolute atomic E-state index is 12.6. The Hall–Kier alpha value is -3.17. The zero-order chi connectivity index (χ0) is 21.1. The van der Waals surface area contributed by atoms with Gasteiger partial charge in [0.2, 0.25) is 5.88 Å². The van der Waals surface area contributed by atoms with Crippen LogP contribution in [0.25, 0.3) is 5.82 Å². The zero-order valence-corrected chi connectivity index (χ0v) is 18.3. The van der Waals surface area contributed by atoms with Gasteiger partial charge in [-0.05, 0) is 71.4 Å². The van der Waals surface area contributed by atoms with Crippen LogP contribution in [0.4, 0.5) is 5.69 Å². The molecule has 4 rings (SSSR count). The largest absolute Gasteiger partial charge is 0.439 e. The molecule has 7 nitrogen and oxygen atoms in total. The van der Waals surface area contributed by atoms with Crippen molar-refractivity contribution in [2.45, 2.75) is 11.8 Å². The van der Waals surface area contributed by atoms with Crippen LogP contribution in [0.15, 0.2) is 88.5 Å². The summed E-state index contributed by atoms with van der Waals surface area (Å²) in [5.74, 6) is 2.19. The molecule has 0 fully saturated rings. The Morgan fingerprint density at radius 1 is 0.967 bits per heavy atom. The third-order valence-corrected chi connectivity index (χ3v) is 6.52. The second-order valence-corrected chi connectivity index (χ2v) is 8.87. The predicted octanol–water partition coefficient (Wildman–Crippen LogP) is 4.93. The molecule has 0 saturated heterocycles. The number of rotatable bonds is 6. The van der Waals surface area contributed by atoms with Crippen molar-refractivity contribution in [2.75, 3.05) is 4.72 Å². The van der Waals surface area contributed by atoms with Crippen LogP contribution in [0, 0.1) is 6.92 Å². The molecule has 152 valence electrons. The summed E-state index contributed by atoms with van der Waals surface area (Å²) in [7, 11) is -3.71. The summed E-state index contributed by atoms with van der Waals surface area (Å²) in [5.41, 5.74) is 0.421. The molecular weight excluding hydrogens is 468 g/mol. The maximum atomic E-state index is 12.6. The molecule has 0 aliphatic heterocycles. The Labute approximate surface area is 182 Å². The summed E-state index contributed by atoms with van der Waals surface area (Å²) in [5, 5.41) is 0. The van der Waals surface area contributed by atoms with Gasteiger partial charge >= 0.3 is 0 Å². The topological polar surface area (TPSA) is 86.1 Å². The monoisotopic (exact) mass is 484 g/mol. The molecule has 0 bridgehead atoms. The number of halogens is 1. The third kappa shape index (κ3) is 4.52. The minimum atomic E-state index is -3.71. The Bertz CT molecular complexity index is 1270. The summed E-state index contributed by atoms with van der Waals surface area (Å²) in [6.45, 7) is 1.79. The first-order valence-electron chi connectivity index (χ1n) is 8.95. The van der Waals surface area contributed by atoms with E-state index in [4.69, 9.17) is 4.74 Å². The third-order valence-electron chi connectivity index (χ3n) is 4.13. The number of aryl methyl sites for hydroxylation is 1. The molecule has 2 aromatic carbocycles. The first kappa shape index (κ1) is 20.1. The molecule has 1 N–H and O–H groups in total. The van der Waals surface area contributed by atoms with Crippen molar-refractivity contribution >= 4 is 31.6 Å². The second-order valence-electron chi connectivity index (χ2n) is 6.36. The van der Waals surface area contributed by atoms with Crippen LogP contribution >= 0.6 is 15.9 Å². The van der Waals surface area contributed by atoms with Gasteiger partial charge in [0.25, 0.3) is 10.0 Å². The highest BCUT2D eigenvalue weighted by Gasteiger charge is 2.17. The standard InChI is InChI=1S/C21H17BrN4O3S/c1-15-23-20(26-12-4-5-13-26)14-21(24-15)29-17-10-8-16(9-11-17)25-30(27,28)19-7-3-2-6-18(19)22/h2-14,25H,1H3. The maximum Gasteiger partial charge on any atom is 0.263 e. The van der Waals surface area contributed by atoms with Crippen molar-refractivity contribution in [3.05, 3.63) is 89.4 Å². The number of aromatic nitrogens is 3. The molecule has 2 aromatic heterocycles. The molecule has 0 aliphatic rings. The van der Waals surface area contributed by atoms with E-state index in [9.17, 15) is 8.42 Å². The molecule has 0 unspecified atom stereocenters. The summed E-state index contributed by atoms with van der Waals surface area (Å²) in [6.07, 6.45) is 3.77. The Morgan fingerprint density at radius 2 is 1.67 bits per heavy atom. The summed E-state index contributed by atoms with van der Waals surface area (Å²) in [4.78, 5) is 8.87. The van der Waals surface area contributed by atoms with Crippen molar-refractivity contribution in [3.63, 3.8) is 0 Å². The molecule has 0 spiro atoms. The Morgan fingerprint density at radius 3 is 2.37 bits per heavy atom. The van der Waals surface area contributed by atoms with Crippen molar-refractivity contribution < 1.29 is 13.2 Å². The molecule has 0 atom stereocenters. The fourth-order valence-corrected chi connectivity index (χ4v) is 4.84. The first-order valence-corrected chi connectivity index (χ1v) is 11.2. The van der Waals surface area contributed by atoms with E-state index in [0.29, 0.717) is 33.4 Å². The zero-order valence-electron chi connectivity index (χ0n) is 15.9. The van der Waals surface area contributed by atoms with Crippen molar-refractivity contribution in [1.29, 1.82) is 0 Å². The number of nitrogens with one attached hydrogen (secondary N) is 1. The molecule has 2 heterocycles. The average Bonchev–Trinajstić information content (AvgIpc) is 3.24.